The van der Waals surface area contributed by atoms with Gasteiger partial charge in [0, 0.05) is 31.0 Å². The van der Waals surface area contributed by atoms with Crippen LogP contribution in [-0.4, -0.2) is 25.8 Å². The molecule has 1 aliphatic carbocycles. The topological polar surface area (TPSA) is 77.1 Å². The van der Waals surface area contributed by atoms with Gasteiger partial charge in [0.2, 0.25) is 10.0 Å². The van der Waals surface area contributed by atoms with Gasteiger partial charge in [-0.2, -0.15) is 0 Å². The first-order chi connectivity index (χ1) is 9.18. The van der Waals surface area contributed by atoms with Crippen LogP contribution in [0.25, 0.3) is 0 Å². The zero-order valence-corrected chi connectivity index (χ0v) is 13.3. The monoisotopic (exact) mass is 299 g/mol. The Hall–Kier alpha value is -0.850. The van der Waals surface area contributed by atoms with Crippen LogP contribution < -0.4 is 10.5 Å². The molecule has 2 rings (SSSR count). The van der Waals surface area contributed by atoms with Gasteiger partial charge in [-0.05, 0) is 36.3 Å². The molecule has 0 radical (unpaired) electrons. The zero-order chi connectivity index (χ0) is 15.0. The number of aryl methyl sites for hydroxylation is 1. The van der Waals surface area contributed by atoms with Crippen molar-refractivity contribution in [3.8, 4) is 0 Å². The highest BCUT2D eigenvalue weighted by Crippen LogP contribution is 2.39. The lowest BCUT2D eigenvalue weighted by Crippen LogP contribution is -2.30. The Morgan fingerprint density at radius 3 is 2.85 bits per heavy atom. The Morgan fingerprint density at radius 2 is 2.20 bits per heavy atom. The van der Waals surface area contributed by atoms with Crippen LogP contribution in [0, 0.1) is 5.41 Å². The molecule has 1 unspecified atom stereocenters. The minimum absolute atomic E-state index is 0.115. The summed E-state index contributed by atoms with van der Waals surface area (Å²) in [5.74, 6) is 0. The lowest BCUT2D eigenvalue weighted by molar-refractivity contribution is 0.275. The van der Waals surface area contributed by atoms with Crippen LogP contribution in [0.3, 0.4) is 0 Å². The number of fused-ring (bicyclic) bond motifs is 1. The number of hydrogen-bond acceptors (Lipinski definition) is 3. The van der Waals surface area contributed by atoms with Crippen molar-refractivity contribution in [2.24, 2.45) is 11.1 Å². The fraction of sp³-hybridized carbons (Fsp3) is 0.714. The highest BCUT2D eigenvalue weighted by molar-refractivity contribution is 7.88. The third kappa shape index (κ3) is 3.84. The molecule has 20 heavy (non-hydrogen) atoms. The van der Waals surface area contributed by atoms with Crippen LogP contribution >= 0.6 is 0 Å². The van der Waals surface area contributed by atoms with Gasteiger partial charge in [0.05, 0.1) is 6.26 Å². The predicted octanol–water partition coefficient (Wildman–Crippen LogP) is 1.40. The third-order valence-electron chi connectivity index (χ3n) is 3.87. The van der Waals surface area contributed by atoms with Crippen LogP contribution in [0.1, 0.15) is 44.0 Å². The van der Waals surface area contributed by atoms with Crippen molar-refractivity contribution in [1.82, 2.24) is 9.29 Å². The number of nitrogens with two attached hydrogens (primary N) is 1. The van der Waals surface area contributed by atoms with E-state index in [1.165, 1.54) is 17.5 Å². The summed E-state index contributed by atoms with van der Waals surface area (Å²) in [5.41, 5.74) is 9.04. The summed E-state index contributed by atoms with van der Waals surface area (Å²) in [6, 6.07) is 2.23. The number of sulfonamides is 1. The van der Waals surface area contributed by atoms with Gasteiger partial charge >= 0.3 is 0 Å². The Labute approximate surface area is 121 Å². The predicted molar refractivity (Wildman–Crippen MR) is 80.9 cm³/mol. The first-order valence-corrected chi connectivity index (χ1v) is 8.95. The van der Waals surface area contributed by atoms with Gasteiger partial charge in [0.1, 0.15) is 0 Å². The summed E-state index contributed by atoms with van der Waals surface area (Å²) in [6.07, 6.45) is 6.09. The van der Waals surface area contributed by atoms with E-state index in [-0.39, 0.29) is 11.5 Å². The fourth-order valence-electron chi connectivity index (χ4n) is 3.01. The summed E-state index contributed by atoms with van der Waals surface area (Å²) >= 11 is 0. The Balaban J connectivity index is 2.01. The minimum Gasteiger partial charge on any atom is -0.351 e. The molecule has 1 aliphatic rings. The number of rotatable bonds is 5. The number of aromatic nitrogens is 1. The molecule has 1 aromatic heterocycles. The number of nitrogens with one attached hydrogen (secondary N) is 1. The van der Waals surface area contributed by atoms with Crippen molar-refractivity contribution in [2.45, 2.75) is 45.7 Å². The molecule has 1 aromatic rings. The second-order valence-electron chi connectivity index (χ2n) is 6.58. The van der Waals surface area contributed by atoms with Crippen LogP contribution in [-0.2, 0) is 23.0 Å². The second kappa shape index (κ2) is 5.50. The largest absolute Gasteiger partial charge is 0.351 e. The summed E-state index contributed by atoms with van der Waals surface area (Å²) in [6.45, 7) is 5.79. The van der Waals surface area contributed by atoms with Crippen molar-refractivity contribution in [2.75, 3.05) is 12.8 Å². The van der Waals surface area contributed by atoms with Crippen molar-refractivity contribution in [1.29, 1.82) is 0 Å². The summed E-state index contributed by atoms with van der Waals surface area (Å²) < 4.78 is 26.8. The van der Waals surface area contributed by atoms with Gasteiger partial charge in [-0.25, -0.2) is 13.1 Å². The van der Waals surface area contributed by atoms with Crippen molar-refractivity contribution in [3.63, 3.8) is 0 Å². The molecule has 1 atom stereocenters. The number of nitrogens with zero attached hydrogens (tertiary/aromatic N) is 1. The molecule has 6 heteroatoms. The van der Waals surface area contributed by atoms with Gasteiger partial charge in [0.15, 0.2) is 0 Å². The molecule has 0 spiro atoms. The lowest BCUT2D eigenvalue weighted by atomic mass is 9.74. The normalized spacial score (nSPS) is 21.7. The average molecular weight is 299 g/mol. The Kier molecular flexibility index (Phi) is 4.27. The maximum absolute atomic E-state index is 11.0. The van der Waals surface area contributed by atoms with E-state index in [0.29, 0.717) is 6.54 Å². The smallest absolute Gasteiger partial charge is 0.208 e. The average Bonchev–Trinajstić information content (AvgIpc) is 2.65. The van der Waals surface area contributed by atoms with Crippen LogP contribution in [0.2, 0.25) is 0 Å². The highest BCUT2D eigenvalue weighted by atomic mass is 32.2. The number of hydrogen-bond donors (Lipinski definition) is 2. The van der Waals surface area contributed by atoms with Crippen molar-refractivity contribution in [3.05, 3.63) is 23.5 Å². The quantitative estimate of drug-likeness (QED) is 0.807. The molecule has 0 saturated heterocycles. The van der Waals surface area contributed by atoms with E-state index in [1.807, 2.05) is 0 Å². The molecule has 0 bridgehead atoms. The van der Waals surface area contributed by atoms with Crippen LogP contribution in [0.15, 0.2) is 12.3 Å². The van der Waals surface area contributed by atoms with E-state index in [2.05, 4.69) is 35.4 Å². The maximum atomic E-state index is 11.0. The Bertz CT molecular complexity index is 575. The van der Waals surface area contributed by atoms with Gasteiger partial charge in [-0.3, -0.25) is 0 Å². The third-order valence-corrected chi connectivity index (χ3v) is 4.60. The van der Waals surface area contributed by atoms with E-state index < -0.39 is 10.0 Å². The molecule has 0 aromatic carbocycles. The molecule has 0 saturated carbocycles. The van der Waals surface area contributed by atoms with Gasteiger partial charge in [-0.1, -0.05) is 13.8 Å². The van der Waals surface area contributed by atoms with Crippen LogP contribution in [0.4, 0.5) is 0 Å². The van der Waals surface area contributed by atoms with Gasteiger partial charge < -0.3 is 10.3 Å². The van der Waals surface area contributed by atoms with Crippen molar-refractivity contribution >= 4 is 10.0 Å². The molecule has 0 amide bonds. The SMILES string of the molecule is CC1(C)Cc2c(ccn2CCCNS(C)(=O)=O)C(N)C1. The highest BCUT2D eigenvalue weighted by Gasteiger charge is 2.32. The van der Waals surface area contributed by atoms with Gasteiger partial charge in [0.25, 0.3) is 0 Å². The molecule has 0 fully saturated rings. The van der Waals surface area contributed by atoms with E-state index in [9.17, 15) is 8.42 Å². The molecular formula is C14H25N3O2S. The Morgan fingerprint density at radius 1 is 1.50 bits per heavy atom. The van der Waals surface area contributed by atoms with Crippen molar-refractivity contribution < 1.29 is 8.42 Å². The molecule has 3 N–H and O–H groups in total. The summed E-state index contributed by atoms with van der Waals surface area (Å²) in [7, 11) is -3.09. The first-order valence-electron chi connectivity index (χ1n) is 7.06. The van der Waals surface area contributed by atoms with Gasteiger partial charge in [-0.15, -0.1) is 0 Å². The van der Waals surface area contributed by atoms with E-state index in [1.54, 1.807) is 0 Å². The standard InChI is InChI=1S/C14H25N3O2S/c1-14(2)9-12(15)11-5-8-17(13(11)10-14)7-4-6-16-20(3,18)19/h5,8,12,16H,4,6-7,9-10,15H2,1-3H3. The van der Waals surface area contributed by atoms with E-state index in [0.717, 1.165) is 25.8 Å². The van der Waals surface area contributed by atoms with E-state index in [4.69, 9.17) is 5.73 Å². The summed E-state index contributed by atoms with van der Waals surface area (Å²) in [5, 5.41) is 0. The minimum atomic E-state index is -3.09. The second-order valence-corrected chi connectivity index (χ2v) is 8.42. The molecule has 1 heterocycles. The first kappa shape index (κ1) is 15.5. The molecular weight excluding hydrogens is 274 g/mol. The maximum Gasteiger partial charge on any atom is 0.208 e. The lowest BCUT2D eigenvalue weighted by Gasteiger charge is -2.34. The fourth-order valence-corrected chi connectivity index (χ4v) is 3.53. The van der Waals surface area contributed by atoms with Crippen LogP contribution in [0.5, 0.6) is 0 Å². The molecule has 114 valence electrons. The van der Waals surface area contributed by atoms with E-state index >= 15 is 0 Å². The molecule has 0 aliphatic heterocycles. The molecule has 5 nitrogen and oxygen atoms in total. The zero-order valence-electron chi connectivity index (χ0n) is 12.5. The summed E-state index contributed by atoms with van der Waals surface area (Å²) in [4.78, 5) is 0.